The van der Waals surface area contributed by atoms with E-state index in [1.165, 1.54) is 31.2 Å². The molecule has 0 aromatic heterocycles. The molecule has 0 unspecified atom stereocenters. The van der Waals surface area contributed by atoms with Crippen molar-refractivity contribution in [2.45, 2.75) is 58.5 Å². The van der Waals surface area contributed by atoms with E-state index >= 15 is 0 Å². The molecule has 3 nitrogen and oxygen atoms in total. The Morgan fingerprint density at radius 1 is 0.773 bits per heavy atom. The van der Waals surface area contributed by atoms with E-state index < -0.39 is 0 Å². The van der Waals surface area contributed by atoms with Gasteiger partial charge in [-0.05, 0) is 37.0 Å². The van der Waals surface area contributed by atoms with Crippen molar-refractivity contribution in [1.29, 1.82) is 0 Å². The van der Waals surface area contributed by atoms with Crippen LogP contribution >= 0.6 is 0 Å². The second kappa shape index (κ2) is 13.6. The van der Waals surface area contributed by atoms with Crippen LogP contribution < -0.4 is 4.74 Å². The quantitative estimate of drug-likeness (QED) is 0.454. The van der Waals surface area contributed by atoms with E-state index in [1.807, 2.05) is 12.1 Å². The van der Waals surface area contributed by atoms with Gasteiger partial charge in [0.15, 0.2) is 0 Å². The highest BCUT2D eigenvalue weighted by atomic mass is 16.5. The van der Waals surface area contributed by atoms with Gasteiger partial charge in [0.25, 0.3) is 0 Å². The molecular formula is C19H32O3. The molecule has 1 rings (SSSR count). The summed E-state index contributed by atoms with van der Waals surface area (Å²) in [6.07, 6.45) is 8.31. The molecule has 0 N–H and O–H groups in total. The van der Waals surface area contributed by atoms with Crippen LogP contribution in [0.4, 0.5) is 0 Å². The van der Waals surface area contributed by atoms with Gasteiger partial charge >= 0.3 is 0 Å². The van der Waals surface area contributed by atoms with Crippen LogP contribution in [0.1, 0.15) is 57.4 Å². The molecule has 0 saturated heterocycles. The molecule has 0 aliphatic carbocycles. The lowest BCUT2D eigenvalue weighted by molar-refractivity contribution is 0.115. The van der Waals surface area contributed by atoms with Gasteiger partial charge in [0.05, 0.1) is 13.2 Å². The third kappa shape index (κ3) is 9.80. The first-order chi connectivity index (χ1) is 10.9. The monoisotopic (exact) mass is 308 g/mol. The van der Waals surface area contributed by atoms with Crippen LogP contribution in [0.25, 0.3) is 0 Å². The Balaban J connectivity index is 2.04. The maximum Gasteiger partial charge on any atom is 0.119 e. The summed E-state index contributed by atoms with van der Waals surface area (Å²) in [5.74, 6) is 0.956. The molecule has 0 fully saturated rings. The minimum absolute atomic E-state index is 0.689. The SMILES string of the molecule is CCCCCOc1ccc(COCCCCCCOC)cc1. The van der Waals surface area contributed by atoms with Gasteiger partial charge in [-0.3, -0.25) is 0 Å². The molecule has 0 aliphatic rings. The van der Waals surface area contributed by atoms with Crippen LogP contribution in [0.2, 0.25) is 0 Å². The molecular weight excluding hydrogens is 276 g/mol. The number of unbranched alkanes of at least 4 members (excludes halogenated alkanes) is 5. The van der Waals surface area contributed by atoms with Crippen molar-refractivity contribution >= 4 is 0 Å². The number of benzene rings is 1. The highest BCUT2D eigenvalue weighted by Gasteiger charge is 1.97. The van der Waals surface area contributed by atoms with Crippen molar-refractivity contribution in [3.8, 4) is 5.75 Å². The molecule has 0 spiro atoms. The first-order valence-electron chi connectivity index (χ1n) is 8.65. The van der Waals surface area contributed by atoms with Crippen LogP contribution in [0.3, 0.4) is 0 Å². The van der Waals surface area contributed by atoms with E-state index in [9.17, 15) is 0 Å². The molecule has 1 aromatic rings. The van der Waals surface area contributed by atoms with Crippen LogP contribution in [-0.4, -0.2) is 26.9 Å². The van der Waals surface area contributed by atoms with Gasteiger partial charge in [0.1, 0.15) is 5.75 Å². The van der Waals surface area contributed by atoms with Crippen LogP contribution in [0.5, 0.6) is 5.75 Å². The molecule has 0 heterocycles. The van der Waals surface area contributed by atoms with E-state index in [2.05, 4.69) is 19.1 Å². The van der Waals surface area contributed by atoms with Crippen LogP contribution in [0, 0.1) is 0 Å². The van der Waals surface area contributed by atoms with Gasteiger partial charge in [-0.2, -0.15) is 0 Å². The van der Waals surface area contributed by atoms with Crippen molar-refractivity contribution in [1.82, 2.24) is 0 Å². The fourth-order valence-electron chi connectivity index (χ4n) is 2.22. The zero-order valence-electron chi connectivity index (χ0n) is 14.3. The zero-order valence-corrected chi connectivity index (χ0v) is 14.3. The average Bonchev–Trinajstić information content (AvgIpc) is 2.55. The molecule has 0 radical (unpaired) electrons. The zero-order chi connectivity index (χ0) is 15.9. The highest BCUT2D eigenvalue weighted by molar-refractivity contribution is 5.26. The minimum Gasteiger partial charge on any atom is -0.494 e. The lowest BCUT2D eigenvalue weighted by Gasteiger charge is -2.08. The molecule has 22 heavy (non-hydrogen) atoms. The lowest BCUT2D eigenvalue weighted by atomic mass is 10.2. The van der Waals surface area contributed by atoms with Crippen molar-refractivity contribution in [2.24, 2.45) is 0 Å². The predicted octanol–water partition coefficient (Wildman–Crippen LogP) is 4.98. The average molecular weight is 308 g/mol. The smallest absolute Gasteiger partial charge is 0.119 e. The van der Waals surface area contributed by atoms with Gasteiger partial charge < -0.3 is 14.2 Å². The summed E-state index contributed by atoms with van der Waals surface area (Å²) in [5.41, 5.74) is 1.21. The summed E-state index contributed by atoms with van der Waals surface area (Å²) >= 11 is 0. The third-order valence-corrected chi connectivity index (χ3v) is 3.60. The second-order valence-electron chi connectivity index (χ2n) is 5.66. The normalized spacial score (nSPS) is 10.8. The Morgan fingerprint density at radius 3 is 2.14 bits per heavy atom. The van der Waals surface area contributed by atoms with Gasteiger partial charge in [-0.1, -0.05) is 44.7 Å². The van der Waals surface area contributed by atoms with Crippen molar-refractivity contribution < 1.29 is 14.2 Å². The van der Waals surface area contributed by atoms with E-state index in [0.717, 1.165) is 44.8 Å². The molecule has 0 amide bonds. The number of ether oxygens (including phenoxy) is 3. The molecule has 0 aliphatic heterocycles. The fourth-order valence-corrected chi connectivity index (χ4v) is 2.22. The highest BCUT2D eigenvalue weighted by Crippen LogP contribution is 2.14. The molecule has 3 heteroatoms. The summed E-state index contributed by atoms with van der Waals surface area (Å²) in [4.78, 5) is 0. The first kappa shape index (κ1) is 19.0. The summed E-state index contributed by atoms with van der Waals surface area (Å²) < 4.78 is 16.4. The summed E-state index contributed by atoms with van der Waals surface area (Å²) in [6, 6.07) is 8.26. The Bertz CT molecular complexity index is 348. The van der Waals surface area contributed by atoms with Gasteiger partial charge in [-0.15, -0.1) is 0 Å². The first-order valence-corrected chi connectivity index (χ1v) is 8.65. The largest absolute Gasteiger partial charge is 0.494 e. The number of hydrogen-bond donors (Lipinski definition) is 0. The van der Waals surface area contributed by atoms with Crippen molar-refractivity contribution in [3.63, 3.8) is 0 Å². The maximum absolute atomic E-state index is 5.71. The van der Waals surface area contributed by atoms with E-state index in [-0.39, 0.29) is 0 Å². The number of hydrogen-bond acceptors (Lipinski definition) is 3. The Hall–Kier alpha value is -1.06. The van der Waals surface area contributed by atoms with E-state index in [1.54, 1.807) is 7.11 Å². The standard InChI is InChI=1S/C19H32O3/c1-3-4-7-16-22-19-12-10-18(11-13-19)17-21-15-9-6-5-8-14-20-2/h10-13H,3-9,14-17H2,1-2H3. The Morgan fingerprint density at radius 2 is 1.45 bits per heavy atom. The number of methoxy groups -OCH3 is 1. The Labute approximate surface area is 136 Å². The molecule has 0 saturated carbocycles. The predicted molar refractivity (Wildman–Crippen MR) is 91.5 cm³/mol. The second-order valence-corrected chi connectivity index (χ2v) is 5.66. The molecule has 0 atom stereocenters. The topological polar surface area (TPSA) is 27.7 Å². The Kier molecular flexibility index (Phi) is 11.7. The number of rotatable bonds is 14. The summed E-state index contributed by atoms with van der Waals surface area (Å²) in [5, 5.41) is 0. The fraction of sp³-hybridized carbons (Fsp3) is 0.684. The summed E-state index contributed by atoms with van der Waals surface area (Å²) in [7, 11) is 1.75. The molecule has 126 valence electrons. The maximum atomic E-state index is 5.71. The van der Waals surface area contributed by atoms with Gasteiger partial charge in [-0.25, -0.2) is 0 Å². The minimum atomic E-state index is 0.689. The van der Waals surface area contributed by atoms with Crippen molar-refractivity contribution in [2.75, 3.05) is 26.9 Å². The van der Waals surface area contributed by atoms with Gasteiger partial charge in [0, 0.05) is 20.3 Å². The lowest BCUT2D eigenvalue weighted by Crippen LogP contribution is -1.98. The van der Waals surface area contributed by atoms with Gasteiger partial charge in [0.2, 0.25) is 0 Å². The van der Waals surface area contributed by atoms with Crippen LogP contribution in [-0.2, 0) is 16.1 Å². The van der Waals surface area contributed by atoms with E-state index in [0.29, 0.717) is 6.61 Å². The van der Waals surface area contributed by atoms with Crippen molar-refractivity contribution in [3.05, 3.63) is 29.8 Å². The third-order valence-electron chi connectivity index (χ3n) is 3.60. The van der Waals surface area contributed by atoms with E-state index in [4.69, 9.17) is 14.2 Å². The molecule has 0 bridgehead atoms. The molecule has 1 aromatic carbocycles. The summed E-state index contributed by atoms with van der Waals surface area (Å²) in [6.45, 7) is 5.41. The van der Waals surface area contributed by atoms with Crippen LogP contribution in [0.15, 0.2) is 24.3 Å².